The predicted molar refractivity (Wildman–Crippen MR) is 102 cm³/mol. The van der Waals surface area contributed by atoms with Crippen molar-refractivity contribution >= 4 is 5.91 Å². The van der Waals surface area contributed by atoms with E-state index in [2.05, 4.69) is 12.1 Å². The number of rotatable bonds is 5. The predicted octanol–water partition coefficient (Wildman–Crippen LogP) is 2.25. The van der Waals surface area contributed by atoms with Crippen LogP contribution < -0.4 is 0 Å². The van der Waals surface area contributed by atoms with Gasteiger partial charge in [0.15, 0.2) is 0 Å². The van der Waals surface area contributed by atoms with Gasteiger partial charge in [0.25, 0.3) is 0 Å². The van der Waals surface area contributed by atoms with Gasteiger partial charge >= 0.3 is 0 Å². The number of likely N-dealkylation sites (tertiary alicyclic amines) is 1. The van der Waals surface area contributed by atoms with Gasteiger partial charge in [0.2, 0.25) is 5.91 Å². The lowest BCUT2D eigenvalue weighted by Crippen LogP contribution is -2.63. The standard InChI is InChI=1S/C22H31NO4/c24-14-15-27-19-16-18(25)22(19)10-12-23(13-11-22)20(26)21(8-4-5-9-21)17-6-2-1-3-7-17/h1-3,6-7,18-19,24-25H,4-5,8-16H2/t18-,19+/m1/s1. The summed E-state index contributed by atoms with van der Waals surface area (Å²) in [5, 5.41) is 19.4. The fourth-order valence-electron chi connectivity index (χ4n) is 5.60. The molecular formula is C22H31NO4. The molecule has 1 saturated heterocycles. The molecule has 2 N–H and O–H groups in total. The van der Waals surface area contributed by atoms with Crippen molar-refractivity contribution in [2.75, 3.05) is 26.3 Å². The average Bonchev–Trinajstić information content (AvgIpc) is 3.22. The van der Waals surface area contributed by atoms with E-state index in [1.165, 1.54) is 0 Å². The van der Waals surface area contributed by atoms with E-state index in [0.717, 1.165) is 44.1 Å². The Hall–Kier alpha value is -1.43. The summed E-state index contributed by atoms with van der Waals surface area (Å²) in [7, 11) is 0. The zero-order valence-electron chi connectivity index (χ0n) is 16.0. The van der Waals surface area contributed by atoms with Crippen molar-refractivity contribution in [2.24, 2.45) is 5.41 Å². The van der Waals surface area contributed by atoms with Crippen molar-refractivity contribution in [1.29, 1.82) is 0 Å². The molecule has 0 bridgehead atoms. The van der Waals surface area contributed by atoms with Crippen LogP contribution in [-0.2, 0) is 14.9 Å². The third-order valence-corrected chi connectivity index (χ3v) is 7.33. The van der Waals surface area contributed by atoms with Crippen molar-refractivity contribution in [3.63, 3.8) is 0 Å². The van der Waals surface area contributed by atoms with Gasteiger partial charge in [0.05, 0.1) is 30.8 Å². The molecule has 2 saturated carbocycles. The smallest absolute Gasteiger partial charge is 0.233 e. The maximum Gasteiger partial charge on any atom is 0.233 e. The van der Waals surface area contributed by atoms with Crippen molar-refractivity contribution in [3.8, 4) is 0 Å². The number of amides is 1. The van der Waals surface area contributed by atoms with Crippen LogP contribution in [0.25, 0.3) is 0 Å². The maximum atomic E-state index is 13.6. The molecule has 1 heterocycles. The monoisotopic (exact) mass is 373 g/mol. The Morgan fingerprint density at radius 2 is 1.78 bits per heavy atom. The van der Waals surface area contributed by atoms with E-state index >= 15 is 0 Å². The topological polar surface area (TPSA) is 70.0 Å². The van der Waals surface area contributed by atoms with E-state index < -0.39 is 0 Å². The van der Waals surface area contributed by atoms with E-state index in [-0.39, 0.29) is 35.6 Å². The van der Waals surface area contributed by atoms with Gasteiger partial charge in [-0.1, -0.05) is 43.2 Å². The van der Waals surface area contributed by atoms with Crippen LogP contribution in [0.15, 0.2) is 30.3 Å². The van der Waals surface area contributed by atoms with Gasteiger partial charge in [0.1, 0.15) is 0 Å². The zero-order valence-corrected chi connectivity index (χ0v) is 16.0. The molecule has 27 heavy (non-hydrogen) atoms. The second-order valence-corrected chi connectivity index (χ2v) is 8.52. The first-order valence-corrected chi connectivity index (χ1v) is 10.4. The molecule has 1 aliphatic heterocycles. The van der Waals surface area contributed by atoms with Gasteiger partial charge < -0.3 is 19.8 Å². The van der Waals surface area contributed by atoms with Crippen LogP contribution in [0.4, 0.5) is 0 Å². The highest BCUT2D eigenvalue weighted by Gasteiger charge is 2.57. The van der Waals surface area contributed by atoms with Crippen molar-refractivity contribution in [3.05, 3.63) is 35.9 Å². The molecule has 1 aromatic rings. The van der Waals surface area contributed by atoms with E-state index in [1.54, 1.807) is 0 Å². The second kappa shape index (κ2) is 7.53. The average molecular weight is 373 g/mol. The van der Waals surface area contributed by atoms with Crippen molar-refractivity contribution in [2.45, 2.75) is 62.6 Å². The third-order valence-electron chi connectivity index (χ3n) is 7.33. The minimum atomic E-state index is -0.364. The van der Waals surface area contributed by atoms with Crippen molar-refractivity contribution < 1.29 is 19.7 Å². The molecule has 0 unspecified atom stereocenters. The first kappa shape index (κ1) is 18.9. The fourth-order valence-corrected chi connectivity index (χ4v) is 5.60. The van der Waals surface area contributed by atoms with Crippen LogP contribution in [0, 0.1) is 5.41 Å². The number of carbonyl (C=O) groups excluding carboxylic acids is 1. The molecule has 3 aliphatic rings. The van der Waals surface area contributed by atoms with Gasteiger partial charge in [-0.15, -0.1) is 0 Å². The van der Waals surface area contributed by atoms with Gasteiger partial charge in [-0.2, -0.15) is 0 Å². The van der Waals surface area contributed by atoms with Crippen LogP contribution >= 0.6 is 0 Å². The van der Waals surface area contributed by atoms with Crippen LogP contribution in [0.1, 0.15) is 50.5 Å². The van der Waals surface area contributed by atoms with Gasteiger partial charge in [-0.25, -0.2) is 0 Å². The normalized spacial score (nSPS) is 28.9. The lowest BCUT2D eigenvalue weighted by molar-refractivity contribution is -0.214. The Morgan fingerprint density at radius 1 is 1.11 bits per heavy atom. The highest BCUT2D eigenvalue weighted by atomic mass is 16.5. The van der Waals surface area contributed by atoms with Crippen LogP contribution in [0.5, 0.6) is 0 Å². The third kappa shape index (κ3) is 3.10. The Labute approximate surface area is 161 Å². The lowest BCUT2D eigenvalue weighted by Gasteiger charge is -2.57. The number of hydrogen-bond acceptors (Lipinski definition) is 4. The lowest BCUT2D eigenvalue weighted by atomic mass is 9.58. The van der Waals surface area contributed by atoms with Crippen molar-refractivity contribution in [1.82, 2.24) is 4.90 Å². The number of aliphatic hydroxyl groups excluding tert-OH is 2. The Kier molecular flexibility index (Phi) is 5.28. The molecule has 2 atom stereocenters. The minimum Gasteiger partial charge on any atom is -0.394 e. The van der Waals surface area contributed by atoms with Crippen LogP contribution in [-0.4, -0.2) is 59.5 Å². The molecule has 3 fully saturated rings. The highest BCUT2D eigenvalue weighted by molar-refractivity contribution is 5.88. The van der Waals surface area contributed by atoms with E-state index in [9.17, 15) is 9.90 Å². The maximum absolute atomic E-state index is 13.6. The number of carbonyl (C=O) groups is 1. The summed E-state index contributed by atoms with van der Waals surface area (Å²) in [6, 6.07) is 10.3. The summed E-state index contributed by atoms with van der Waals surface area (Å²) in [5.74, 6) is 0.266. The SMILES string of the molecule is O=C(N1CCC2(CC1)[C@H](O)C[C@@H]2OCCO)C1(c2ccccc2)CCCC1. The number of benzene rings is 1. The fraction of sp³-hybridized carbons (Fsp3) is 0.682. The summed E-state index contributed by atoms with van der Waals surface area (Å²) in [5.41, 5.74) is 0.554. The minimum absolute atomic E-state index is 0.00599. The number of hydrogen-bond donors (Lipinski definition) is 2. The summed E-state index contributed by atoms with van der Waals surface area (Å²) >= 11 is 0. The number of piperidine rings is 1. The molecule has 2 aliphatic carbocycles. The number of nitrogens with zero attached hydrogens (tertiary/aromatic N) is 1. The van der Waals surface area contributed by atoms with Crippen LogP contribution in [0.3, 0.4) is 0 Å². The molecular weight excluding hydrogens is 342 g/mol. The quantitative estimate of drug-likeness (QED) is 0.831. The summed E-state index contributed by atoms with van der Waals surface area (Å²) in [4.78, 5) is 15.6. The van der Waals surface area contributed by atoms with Gasteiger partial charge in [-0.3, -0.25) is 4.79 Å². The summed E-state index contributed by atoms with van der Waals surface area (Å²) < 4.78 is 5.76. The molecule has 4 rings (SSSR count). The first-order valence-electron chi connectivity index (χ1n) is 10.4. The largest absolute Gasteiger partial charge is 0.394 e. The molecule has 1 amide bonds. The number of aliphatic hydroxyl groups is 2. The molecule has 1 spiro atoms. The van der Waals surface area contributed by atoms with Gasteiger partial charge in [-0.05, 0) is 31.2 Å². The first-order chi connectivity index (χ1) is 13.1. The summed E-state index contributed by atoms with van der Waals surface area (Å²) in [6.07, 6.45) is 5.93. The Morgan fingerprint density at radius 3 is 2.37 bits per heavy atom. The number of ether oxygens (including phenoxy) is 1. The molecule has 5 heteroatoms. The van der Waals surface area contributed by atoms with Crippen LogP contribution in [0.2, 0.25) is 0 Å². The summed E-state index contributed by atoms with van der Waals surface area (Å²) in [6.45, 7) is 1.69. The Balaban J connectivity index is 1.47. The molecule has 1 aromatic carbocycles. The van der Waals surface area contributed by atoms with E-state index in [4.69, 9.17) is 9.84 Å². The second-order valence-electron chi connectivity index (χ2n) is 8.52. The van der Waals surface area contributed by atoms with Gasteiger partial charge in [0, 0.05) is 24.9 Å². The highest BCUT2D eigenvalue weighted by Crippen LogP contribution is 2.52. The van der Waals surface area contributed by atoms with E-state index in [0.29, 0.717) is 26.1 Å². The molecule has 0 aromatic heterocycles. The van der Waals surface area contributed by atoms with E-state index in [1.807, 2.05) is 23.1 Å². The molecule has 5 nitrogen and oxygen atoms in total. The molecule has 0 radical (unpaired) electrons. The zero-order chi connectivity index (χ0) is 18.9. The molecule has 148 valence electrons. The Bertz CT molecular complexity index is 648.